The van der Waals surface area contributed by atoms with Crippen LogP contribution in [0.3, 0.4) is 0 Å². The molecule has 0 spiro atoms. The Morgan fingerprint density at radius 1 is 0.840 bits per heavy atom. The normalized spacial score (nSPS) is 28.4. The van der Waals surface area contributed by atoms with E-state index in [1.54, 1.807) is 23.9 Å². The molecular weight excluding hydrogens is 334 g/mol. The van der Waals surface area contributed by atoms with E-state index >= 15 is 0 Å². The zero-order chi connectivity index (χ0) is 17.7. The predicted octanol–water partition coefficient (Wildman–Crippen LogP) is 1.67. The molecule has 2 fully saturated rings. The van der Waals surface area contributed by atoms with Crippen LogP contribution in [0.5, 0.6) is 0 Å². The van der Waals surface area contributed by atoms with Crippen LogP contribution in [0, 0.1) is 0 Å². The maximum absolute atomic E-state index is 13.0. The Morgan fingerprint density at radius 2 is 1.32 bits per heavy atom. The highest BCUT2D eigenvalue weighted by atomic mass is 32.1. The minimum absolute atomic E-state index is 0.112. The molecule has 0 saturated carbocycles. The summed E-state index contributed by atoms with van der Waals surface area (Å²) in [7, 11) is 3.58. The highest BCUT2D eigenvalue weighted by Crippen LogP contribution is 2.50. The van der Waals surface area contributed by atoms with Gasteiger partial charge in [0.15, 0.2) is 16.4 Å². The summed E-state index contributed by atoms with van der Waals surface area (Å²) in [4.78, 5) is 16.4. The van der Waals surface area contributed by atoms with Gasteiger partial charge in [-0.15, -0.1) is 0 Å². The zero-order valence-corrected chi connectivity index (χ0v) is 14.8. The Hall–Kier alpha value is -2.64. The van der Waals surface area contributed by atoms with E-state index in [4.69, 9.17) is 12.2 Å². The summed E-state index contributed by atoms with van der Waals surface area (Å²) in [5.41, 5.74) is 6.43. The zero-order valence-electron chi connectivity index (χ0n) is 14.0. The lowest BCUT2D eigenvalue weighted by Crippen LogP contribution is -2.79. The molecule has 6 nitrogen and oxygen atoms in total. The van der Waals surface area contributed by atoms with Crippen LogP contribution in [0.1, 0.15) is 11.1 Å². The van der Waals surface area contributed by atoms with Crippen LogP contribution < -0.4 is 16.2 Å². The molecule has 2 aromatic carbocycles. The SMILES string of the molecule is CN1C(=O)N(C)[C@]2(c3ccccc3)NC(=S)NN[C@@]12c1ccccc1. The van der Waals surface area contributed by atoms with Gasteiger partial charge in [-0.2, -0.15) is 0 Å². The molecule has 0 aromatic heterocycles. The average molecular weight is 353 g/mol. The number of likely N-dealkylation sites (N-methyl/N-ethyl adjacent to an activating group) is 2. The van der Waals surface area contributed by atoms with Gasteiger partial charge in [0.2, 0.25) is 0 Å². The van der Waals surface area contributed by atoms with Gasteiger partial charge in [-0.3, -0.25) is 15.2 Å². The molecule has 128 valence electrons. The van der Waals surface area contributed by atoms with Crippen molar-refractivity contribution in [1.82, 2.24) is 26.0 Å². The number of urea groups is 1. The number of nitrogens with one attached hydrogen (secondary N) is 3. The number of fused-ring (bicyclic) bond motifs is 1. The Bertz CT molecular complexity index is 830. The molecule has 2 aliphatic heterocycles. The van der Waals surface area contributed by atoms with Crippen LogP contribution in [-0.4, -0.2) is 35.0 Å². The molecule has 7 heteroatoms. The van der Waals surface area contributed by atoms with Crippen molar-refractivity contribution in [1.29, 1.82) is 0 Å². The second-order valence-corrected chi connectivity index (χ2v) is 6.67. The van der Waals surface area contributed by atoms with Crippen molar-refractivity contribution in [2.75, 3.05) is 14.1 Å². The van der Waals surface area contributed by atoms with Crippen molar-refractivity contribution >= 4 is 23.4 Å². The second kappa shape index (κ2) is 5.44. The van der Waals surface area contributed by atoms with Gasteiger partial charge in [-0.25, -0.2) is 10.2 Å². The van der Waals surface area contributed by atoms with Crippen LogP contribution in [0.2, 0.25) is 0 Å². The van der Waals surface area contributed by atoms with E-state index in [2.05, 4.69) is 16.2 Å². The van der Waals surface area contributed by atoms with E-state index in [-0.39, 0.29) is 6.03 Å². The smallest absolute Gasteiger partial charge is 0.323 e. The second-order valence-electron chi connectivity index (χ2n) is 6.26. The van der Waals surface area contributed by atoms with Crippen LogP contribution in [-0.2, 0) is 11.3 Å². The number of hydrogen-bond donors (Lipinski definition) is 3. The molecule has 0 radical (unpaired) electrons. The lowest BCUT2D eigenvalue weighted by atomic mass is 9.80. The fraction of sp³-hybridized carbons (Fsp3) is 0.222. The number of nitrogens with zero attached hydrogens (tertiary/aromatic N) is 2. The van der Waals surface area contributed by atoms with Crippen molar-refractivity contribution in [3.63, 3.8) is 0 Å². The number of amides is 2. The van der Waals surface area contributed by atoms with Gasteiger partial charge in [-0.05, 0) is 17.8 Å². The summed E-state index contributed by atoms with van der Waals surface area (Å²) in [6, 6.07) is 19.7. The van der Waals surface area contributed by atoms with E-state index in [1.165, 1.54) is 0 Å². The topological polar surface area (TPSA) is 59.6 Å². The Balaban J connectivity index is 2.06. The quantitative estimate of drug-likeness (QED) is 0.717. The third-order valence-electron chi connectivity index (χ3n) is 5.14. The lowest BCUT2D eigenvalue weighted by molar-refractivity contribution is -0.00693. The predicted molar refractivity (Wildman–Crippen MR) is 99.2 cm³/mol. The Kier molecular flexibility index (Phi) is 3.45. The van der Waals surface area contributed by atoms with Gasteiger partial charge >= 0.3 is 6.03 Å². The van der Waals surface area contributed by atoms with Crippen molar-refractivity contribution in [2.24, 2.45) is 0 Å². The molecule has 2 atom stereocenters. The van der Waals surface area contributed by atoms with E-state index in [0.717, 1.165) is 11.1 Å². The van der Waals surface area contributed by atoms with Gasteiger partial charge in [0.05, 0.1) is 0 Å². The third kappa shape index (κ3) is 1.87. The van der Waals surface area contributed by atoms with Gasteiger partial charge in [-0.1, -0.05) is 60.7 Å². The van der Waals surface area contributed by atoms with Crippen molar-refractivity contribution < 1.29 is 4.79 Å². The highest BCUT2D eigenvalue weighted by molar-refractivity contribution is 7.80. The fourth-order valence-corrected chi connectivity index (χ4v) is 4.20. The maximum atomic E-state index is 13.0. The minimum Gasteiger partial charge on any atom is -0.332 e. The summed E-state index contributed by atoms with van der Waals surface area (Å²) in [5, 5.41) is 3.81. The monoisotopic (exact) mass is 353 g/mol. The minimum atomic E-state index is -0.899. The number of carbonyl (C=O) groups excluding carboxylic acids is 1. The Labute approximate surface area is 151 Å². The van der Waals surface area contributed by atoms with E-state index in [9.17, 15) is 4.79 Å². The summed E-state index contributed by atoms with van der Waals surface area (Å²) in [6.07, 6.45) is 0. The average Bonchev–Trinajstić information content (AvgIpc) is 2.83. The van der Waals surface area contributed by atoms with E-state index in [1.807, 2.05) is 60.7 Å². The number of rotatable bonds is 2. The molecule has 0 aliphatic carbocycles. The molecule has 2 aliphatic rings. The lowest BCUT2D eigenvalue weighted by Gasteiger charge is -2.53. The molecule has 25 heavy (non-hydrogen) atoms. The van der Waals surface area contributed by atoms with Crippen LogP contribution in [0.25, 0.3) is 0 Å². The molecule has 2 aromatic rings. The number of benzene rings is 2. The van der Waals surface area contributed by atoms with Crippen LogP contribution in [0.4, 0.5) is 4.79 Å². The number of hydrogen-bond acceptors (Lipinski definition) is 3. The summed E-state index contributed by atoms with van der Waals surface area (Å²) < 4.78 is 0. The molecule has 2 amide bonds. The van der Waals surface area contributed by atoms with Gasteiger partial charge < -0.3 is 5.32 Å². The molecule has 0 unspecified atom stereocenters. The molecule has 0 bridgehead atoms. The first kappa shape index (κ1) is 15.9. The van der Waals surface area contributed by atoms with E-state index in [0.29, 0.717) is 5.11 Å². The highest BCUT2D eigenvalue weighted by Gasteiger charge is 2.69. The first-order valence-electron chi connectivity index (χ1n) is 8.02. The number of carbonyl (C=O) groups is 1. The van der Waals surface area contributed by atoms with Crippen molar-refractivity contribution in [2.45, 2.75) is 11.3 Å². The standard InChI is InChI=1S/C18H19N5OS/c1-22-16(24)23(2)18(14-11-7-4-8-12-14)17(22,19-15(25)20-21-18)13-9-5-3-6-10-13/h3-12,21H,1-2H3,(H2,19,20,25)/t17-,18-/m0/s1. The molecule has 2 saturated heterocycles. The number of hydrazine groups is 1. The third-order valence-corrected chi connectivity index (χ3v) is 5.34. The van der Waals surface area contributed by atoms with Gasteiger partial charge in [0.25, 0.3) is 0 Å². The van der Waals surface area contributed by atoms with Gasteiger partial charge in [0, 0.05) is 19.7 Å². The molecule has 3 N–H and O–H groups in total. The first-order valence-corrected chi connectivity index (χ1v) is 8.43. The van der Waals surface area contributed by atoms with Gasteiger partial charge in [0.1, 0.15) is 0 Å². The van der Waals surface area contributed by atoms with E-state index < -0.39 is 11.3 Å². The maximum Gasteiger partial charge on any atom is 0.323 e. The summed E-state index contributed by atoms with van der Waals surface area (Å²) in [5.74, 6) is 0. The van der Waals surface area contributed by atoms with Crippen molar-refractivity contribution in [3.8, 4) is 0 Å². The van der Waals surface area contributed by atoms with Crippen LogP contribution in [0.15, 0.2) is 60.7 Å². The molecule has 2 heterocycles. The summed E-state index contributed by atoms with van der Waals surface area (Å²) >= 11 is 5.39. The summed E-state index contributed by atoms with van der Waals surface area (Å²) in [6.45, 7) is 0. The molecule has 4 rings (SSSR count). The van der Waals surface area contributed by atoms with Crippen LogP contribution >= 0.6 is 12.2 Å². The fourth-order valence-electron chi connectivity index (χ4n) is 4.00. The largest absolute Gasteiger partial charge is 0.332 e. The van der Waals surface area contributed by atoms with Crippen molar-refractivity contribution in [3.05, 3.63) is 71.8 Å². The molecular formula is C18H19N5OS. The first-order chi connectivity index (χ1) is 12.0. The Morgan fingerprint density at radius 3 is 1.88 bits per heavy atom. The number of thiocarbonyl (C=S) groups is 1.